The molecule has 5 N–H and O–H groups in total. The van der Waals surface area contributed by atoms with E-state index in [-0.39, 0.29) is 58.9 Å². The highest BCUT2D eigenvalue weighted by Gasteiger charge is 2.45. The lowest BCUT2D eigenvalue weighted by atomic mass is 9.97. The Balaban J connectivity index is 0.895. The molecule has 6 amide bonds. The Kier molecular flexibility index (Phi) is 10.6. The third kappa shape index (κ3) is 8.12. The first-order valence-electron chi connectivity index (χ1n) is 18.3. The van der Waals surface area contributed by atoms with Gasteiger partial charge in [-0.25, -0.2) is 23.2 Å². The molecule has 3 saturated heterocycles. The van der Waals surface area contributed by atoms with Crippen molar-refractivity contribution >= 4 is 68.5 Å². The van der Waals surface area contributed by atoms with Crippen LogP contribution in [0.4, 0.5) is 27.8 Å². The summed E-state index contributed by atoms with van der Waals surface area (Å²) in [6, 6.07) is 9.77. The summed E-state index contributed by atoms with van der Waals surface area (Å²) in [6.45, 7) is 2.56. The van der Waals surface area contributed by atoms with Gasteiger partial charge in [-0.15, -0.1) is 0 Å². The van der Waals surface area contributed by atoms with Crippen LogP contribution in [0.1, 0.15) is 69.7 Å². The van der Waals surface area contributed by atoms with Crippen LogP contribution in [0, 0.1) is 5.92 Å². The van der Waals surface area contributed by atoms with Gasteiger partial charge in [-0.2, -0.15) is 0 Å². The minimum atomic E-state index is -3.39. The van der Waals surface area contributed by atoms with Crippen LogP contribution >= 0.6 is 0 Å². The fraction of sp³-hybridized carbons (Fsp3) is 0.405. The molecule has 0 spiro atoms. The molecule has 4 aliphatic rings. The molecule has 18 nitrogen and oxygen atoms in total. The standard InChI is InChI=1S/C37H41N9O9S/c1-56(53,54)25-7-4-22(5-8-25)40-33-31(32(38)48)39-18-29(42-33)45-14-2-3-23(19-45)41-37(52)55-20-21-12-15-44(16-13-21)24-6-9-26-27(17-24)36(51)46(35(26)50)28-10-11-30(47)43-34(28)49/h4-9,17-18,21,23,28H,2-3,10-16,19-20H2,1H3,(H2,38,48)(H,40,42)(H,41,52)(H,43,47,49). The van der Waals surface area contributed by atoms with Gasteiger partial charge in [0, 0.05) is 56.3 Å². The number of carbonyl (C=O) groups is 6. The molecule has 1 aromatic heterocycles. The summed E-state index contributed by atoms with van der Waals surface area (Å²) < 4.78 is 29.3. The number of benzene rings is 2. The first-order valence-corrected chi connectivity index (χ1v) is 20.2. The zero-order valence-corrected chi connectivity index (χ0v) is 31.3. The molecule has 0 saturated carbocycles. The number of ether oxygens (including phenoxy) is 1. The summed E-state index contributed by atoms with van der Waals surface area (Å²) in [7, 11) is -3.39. The summed E-state index contributed by atoms with van der Waals surface area (Å²) in [4.78, 5) is 89.3. The van der Waals surface area contributed by atoms with Crippen molar-refractivity contribution in [2.75, 3.05) is 54.2 Å². The number of hydrogen-bond acceptors (Lipinski definition) is 14. The molecule has 5 heterocycles. The highest BCUT2D eigenvalue weighted by Crippen LogP contribution is 2.32. The molecular formula is C37H41N9O9S. The summed E-state index contributed by atoms with van der Waals surface area (Å²) in [5.41, 5.74) is 7.18. The molecule has 4 aliphatic heterocycles. The fourth-order valence-corrected chi connectivity index (χ4v) is 8.07. The van der Waals surface area contributed by atoms with Crippen LogP contribution in [0.3, 0.4) is 0 Å². The Labute approximate surface area is 322 Å². The van der Waals surface area contributed by atoms with Gasteiger partial charge in [-0.1, -0.05) is 0 Å². The van der Waals surface area contributed by atoms with E-state index in [1.165, 1.54) is 18.3 Å². The average molecular weight is 788 g/mol. The van der Waals surface area contributed by atoms with E-state index in [0.29, 0.717) is 37.7 Å². The van der Waals surface area contributed by atoms with E-state index in [2.05, 4.69) is 30.8 Å². The predicted molar refractivity (Wildman–Crippen MR) is 201 cm³/mol. The molecule has 2 unspecified atom stereocenters. The Bertz CT molecular complexity index is 2210. The van der Waals surface area contributed by atoms with Gasteiger partial charge in [0.15, 0.2) is 21.3 Å². The molecule has 3 aromatic rings. The van der Waals surface area contributed by atoms with Gasteiger partial charge >= 0.3 is 6.09 Å². The molecule has 0 bridgehead atoms. The highest BCUT2D eigenvalue weighted by molar-refractivity contribution is 7.90. The third-order valence-electron chi connectivity index (χ3n) is 10.5. The number of fused-ring (bicyclic) bond motifs is 1. The fourth-order valence-electron chi connectivity index (χ4n) is 7.44. The molecular weight excluding hydrogens is 747 g/mol. The van der Waals surface area contributed by atoms with Crippen molar-refractivity contribution in [2.24, 2.45) is 11.7 Å². The molecule has 19 heteroatoms. The summed E-state index contributed by atoms with van der Waals surface area (Å²) in [6.07, 6.45) is 5.09. The molecule has 56 heavy (non-hydrogen) atoms. The van der Waals surface area contributed by atoms with Crippen LogP contribution in [0.2, 0.25) is 0 Å². The number of carbonyl (C=O) groups excluding carboxylic acids is 6. The number of nitrogens with two attached hydrogens (primary N) is 1. The normalized spacial score (nSPS) is 20.4. The topological polar surface area (TPSA) is 243 Å². The summed E-state index contributed by atoms with van der Waals surface area (Å²) in [5, 5.41) is 8.16. The van der Waals surface area contributed by atoms with E-state index in [1.807, 2.05) is 4.90 Å². The van der Waals surface area contributed by atoms with Crippen molar-refractivity contribution in [1.82, 2.24) is 25.5 Å². The molecule has 2 atom stereocenters. The van der Waals surface area contributed by atoms with Crippen molar-refractivity contribution in [3.05, 3.63) is 65.5 Å². The number of sulfone groups is 1. The van der Waals surface area contributed by atoms with Gasteiger partial charge in [0.1, 0.15) is 11.9 Å². The van der Waals surface area contributed by atoms with Gasteiger partial charge in [0.25, 0.3) is 17.7 Å². The first kappa shape index (κ1) is 38.2. The van der Waals surface area contributed by atoms with E-state index in [9.17, 15) is 37.2 Å². The number of nitrogens with one attached hydrogen (secondary N) is 3. The van der Waals surface area contributed by atoms with Crippen LogP contribution in [0.5, 0.6) is 0 Å². The van der Waals surface area contributed by atoms with Gasteiger partial charge < -0.3 is 30.9 Å². The number of primary amides is 1. The van der Waals surface area contributed by atoms with E-state index in [1.54, 1.807) is 30.3 Å². The Morgan fingerprint density at radius 1 is 0.946 bits per heavy atom. The summed E-state index contributed by atoms with van der Waals surface area (Å²) in [5.74, 6) is -2.28. The van der Waals surface area contributed by atoms with Crippen molar-refractivity contribution in [1.29, 1.82) is 0 Å². The zero-order valence-electron chi connectivity index (χ0n) is 30.5. The van der Waals surface area contributed by atoms with E-state index < -0.39 is 51.5 Å². The van der Waals surface area contributed by atoms with Crippen molar-refractivity contribution in [2.45, 2.75) is 55.5 Å². The smallest absolute Gasteiger partial charge is 0.407 e. The lowest BCUT2D eigenvalue weighted by Gasteiger charge is -2.34. The second-order valence-corrected chi connectivity index (χ2v) is 16.4. The average Bonchev–Trinajstić information content (AvgIpc) is 3.42. The molecule has 0 radical (unpaired) electrons. The molecule has 7 rings (SSSR count). The predicted octanol–water partition coefficient (Wildman–Crippen LogP) is 1.74. The van der Waals surface area contributed by atoms with Crippen molar-refractivity contribution < 1.29 is 41.9 Å². The van der Waals surface area contributed by atoms with Crippen LogP contribution in [-0.4, -0.2) is 110 Å². The zero-order chi connectivity index (χ0) is 39.7. The number of anilines is 4. The largest absolute Gasteiger partial charge is 0.449 e. The molecule has 2 aromatic carbocycles. The monoisotopic (exact) mass is 787 g/mol. The Morgan fingerprint density at radius 3 is 2.38 bits per heavy atom. The number of amides is 6. The lowest BCUT2D eigenvalue weighted by molar-refractivity contribution is -0.136. The quantitative estimate of drug-likeness (QED) is 0.214. The maximum Gasteiger partial charge on any atom is 0.407 e. The SMILES string of the molecule is CS(=O)(=O)c1ccc(Nc2nc(N3CCCC(NC(=O)OCC4CCN(c5ccc6c(c5)C(=O)N(C5CCC(=O)NC5=O)C6=O)CC4)C3)cnc2C(N)=O)cc1. The lowest BCUT2D eigenvalue weighted by Crippen LogP contribution is -2.54. The van der Waals surface area contributed by atoms with E-state index in [4.69, 9.17) is 10.5 Å². The van der Waals surface area contributed by atoms with Crippen LogP contribution in [0.15, 0.2) is 53.6 Å². The third-order valence-corrected chi connectivity index (χ3v) is 11.6. The number of nitrogens with zero attached hydrogens (tertiary/aromatic N) is 5. The highest BCUT2D eigenvalue weighted by atomic mass is 32.2. The number of hydrogen-bond donors (Lipinski definition) is 4. The maximum absolute atomic E-state index is 13.3. The van der Waals surface area contributed by atoms with Crippen LogP contribution in [-0.2, 0) is 24.2 Å². The number of rotatable bonds is 10. The first-order chi connectivity index (χ1) is 26.7. The second kappa shape index (κ2) is 15.6. The molecule has 3 fully saturated rings. The minimum absolute atomic E-state index is 0.0516. The van der Waals surface area contributed by atoms with Crippen LogP contribution < -0.4 is 31.5 Å². The van der Waals surface area contributed by atoms with Crippen molar-refractivity contribution in [3.63, 3.8) is 0 Å². The van der Waals surface area contributed by atoms with Gasteiger partial charge in [-0.3, -0.25) is 34.2 Å². The Hall–Kier alpha value is -6.11. The van der Waals surface area contributed by atoms with Gasteiger partial charge in [0.05, 0.1) is 28.8 Å². The van der Waals surface area contributed by atoms with Crippen molar-refractivity contribution in [3.8, 4) is 0 Å². The van der Waals surface area contributed by atoms with E-state index in [0.717, 1.165) is 42.5 Å². The van der Waals surface area contributed by atoms with Gasteiger partial charge in [0.2, 0.25) is 11.8 Å². The van der Waals surface area contributed by atoms with Crippen LogP contribution in [0.25, 0.3) is 0 Å². The molecule has 0 aliphatic carbocycles. The minimum Gasteiger partial charge on any atom is -0.449 e. The number of piperidine rings is 3. The van der Waals surface area contributed by atoms with Gasteiger partial charge in [-0.05, 0) is 80.5 Å². The Morgan fingerprint density at radius 2 is 1.68 bits per heavy atom. The number of aromatic nitrogens is 2. The number of imide groups is 2. The number of alkyl carbamates (subject to hydrolysis) is 1. The second-order valence-electron chi connectivity index (χ2n) is 14.3. The van der Waals surface area contributed by atoms with E-state index >= 15 is 0 Å². The maximum atomic E-state index is 13.3. The summed E-state index contributed by atoms with van der Waals surface area (Å²) >= 11 is 0. The molecule has 294 valence electrons.